The van der Waals surface area contributed by atoms with Crippen LogP contribution in [0.1, 0.15) is 46.0 Å². The van der Waals surface area contributed by atoms with Crippen molar-refractivity contribution in [1.82, 2.24) is 4.90 Å². The van der Waals surface area contributed by atoms with Gasteiger partial charge in [-0.05, 0) is 43.9 Å². The number of hydrogen-bond acceptors (Lipinski definition) is 2. The van der Waals surface area contributed by atoms with E-state index in [1.165, 1.54) is 6.42 Å². The van der Waals surface area contributed by atoms with Gasteiger partial charge in [0.2, 0.25) is 5.91 Å². The maximum Gasteiger partial charge on any atom is 0.243 e. The molecule has 0 radical (unpaired) electrons. The Bertz CT molecular complexity index is 339. The Labute approximate surface area is 104 Å². The van der Waals surface area contributed by atoms with Gasteiger partial charge in [-0.25, -0.2) is 0 Å². The number of carbonyl (C=O) groups is 1. The third-order valence-corrected chi connectivity index (χ3v) is 4.32. The highest BCUT2D eigenvalue weighted by Gasteiger charge is 2.50. The molecule has 0 aromatic heterocycles. The van der Waals surface area contributed by atoms with E-state index in [0.29, 0.717) is 11.8 Å². The molecule has 0 N–H and O–H groups in total. The van der Waals surface area contributed by atoms with Crippen molar-refractivity contribution in [2.45, 2.75) is 46.0 Å². The fourth-order valence-electron chi connectivity index (χ4n) is 3.21. The normalized spacial score (nSPS) is 37.8. The van der Waals surface area contributed by atoms with Crippen LogP contribution in [0.15, 0.2) is 0 Å². The molecule has 0 spiro atoms. The van der Waals surface area contributed by atoms with Crippen LogP contribution in [-0.4, -0.2) is 23.9 Å². The smallest absolute Gasteiger partial charge is 0.243 e. The molecule has 2 fully saturated rings. The van der Waals surface area contributed by atoms with Gasteiger partial charge in [-0.3, -0.25) is 4.79 Å². The van der Waals surface area contributed by atoms with Gasteiger partial charge in [-0.2, -0.15) is 5.26 Å². The summed E-state index contributed by atoms with van der Waals surface area (Å²) in [5, 5.41) is 9.28. The maximum atomic E-state index is 12.4. The van der Waals surface area contributed by atoms with Crippen LogP contribution in [-0.2, 0) is 4.79 Å². The summed E-state index contributed by atoms with van der Waals surface area (Å²) in [5.41, 5.74) is -0.674. The minimum atomic E-state index is -0.674. The minimum Gasteiger partial charge on any atom is -0.341 e. The van der Waals surface area contributed by atoms with Gasteiger partial charge in [0.25, 0.3) is 0 Å². The summed E-state index contributed by atoms with van der Waals surface area (Å²) in [6.07, 6.45) is 4.90. The molecule has 1 aliphatic heterocycles. The molecule has 0 aromatic rings. The van der Waals surface area contributed by atoms with E-state index in [4.69, 9.17) is 0 Å². The van der Waals surface area contributed by atoms with E-state index in [0.717, 1.165) is 38.8 Å². The van der Waals surface area contributed by atoms with Crippen LogP contribution in [0.25, 0.3) is 0 Å². The first-order valence-electron chi connectivity index (χ1n) is 6.78. The standard InChI is InChI=1S/C14H22N2O/c1-11-4-3-6-16(7-5-11)13(17)14(10-15)8-12(2)9-14/h11-12H,3-9H2,1-2H3. The maximum absolute atomic E-state index is 12.4. The number of amides is 1. The SMILES string of the molecule is CC1CCCN(C(=O)C2(C#N)CC(C)C2)CC1. The van der Waals surface area contributed by atoms with Crippen LogP contribution in [0.3, 0.4) is 0 Å². The zero-order chi connectivity index (χ0) is 12.5. The molecule has 17 heavy (non-hydrogen) atoms. The second-order valence-electron chi connectivity index (χ2n) is 6.04. The van der Waals surface area contributed by atoms with Gasteiger partial charge in [0.15, 0.2) is 0 Å². The fourth-order valence-corrected chi connectivity index (χ4v) is 3.21. The Morgan fingerprint density at radius 2 is 1.94 bits per heavy atom. The lowest BCUT2D eigenvalue weighted by Crippen LogP contribution is -2.50. The molecule has 1 heterocycles. The molecule has 1 amide bonds. The van der Waals surface area contributed by atoms with Crippen molar-refractivity contribution in [2.24, 2.45) is 17.3 Å². The number of carbonyl (C=O) groups excluding carboxylic acids is 1. The van der Waals surface area contributed by atoms with Gasteiger partial charge < -0.3 is 4.90 Å². The first kappa shape index (κ1) is 12.4. The molecule has 1 atom stereocenters. The van der Waals surface area contributed by atoms with Crippen molar-refractivity contribution in [3.05, 3.63) is 0 Å². The molecule has 0 bridgehead atoms. The van der Waals surface area contributed by atoms with E-state index >= 15 is 0 Å². The summed E-state index contributed by atoms with van der Waals surface area (Å²) < 4.78 is 0. The van der Waals surface area contributed by atoms with Crippen molar-refractivity contribution in [3.8, 4) is 6.07 Å². The molecular formula is C14H22N2O. The lowest BCUT2D eigenvalue weighted by atomic mass is 9.62. The monoisotopic (exact) mass is 234 g/mol. The highest BCUT2D eigenvalue weighted by molar-refractivity contribution is 5.86. The van der Waals surface area contributed by atoms with E-state index in [2.05, 4.69) is 19.9 Å². The van der Waals surface area contributed by atoms with Crippen LogP contribution in [0.2, 0.25) is 0 Å². The molecule has 0 aromatic carbocycles. The topological polar surface area (TPSA) is 44.1 Å². The molecule has 1 saturated heterocycles. The molecule has 1 unspecified atom stereocenters. The Balaban J connectivity index is 2.02. The number of hydrogen-bond donors (Lipinski definition) is 0. The number of nitrogens with zero attached hydrogens (tertiary/aromatic N) is 2. The predicted octanol–water partition coefficient (Wildman–Crippen LogP) is 2.57. The van der Waals surface area contributed by atoms with Crippen LogP contribution in [0, 0.1) is 28.6 Å². The molecule has 94 valence electrons. The largest absolute Gasteiger partial charge is 0.341 e. The summed E-state index contributed by atoms with van der Waals surface area (Å²) in [4.78, 5) is 14.4. The minimum absolute atomic E-state index is 0.104. The molecular weight excluding hydrogens is 212 g/mol. The summed E-state index contributed by atoms with van der Waals surface area (Å²) in [6.45, 7) is 6.06. The lowest BCUT2D eigenvalue weighted by Gasteiger charge is -2.42. The predicted molar refractivity (Wildman–Crippen MR) is 66.0 cm³/mol. The van der Waals surface area contributed by atoms with E-state index in [1.54, 1.807) is 0 Å². The average molecular weight is 234 g/mol. The highest BCUT2D eigenvalue weighted by Crippen LogP contribution is 2.46. The summed E-state index contributed by atoms with van der Waals surface area (Å²) in [6, 6.07) is 2.28. The van der Waals surface area contributed by atoms with Crippen molar-refractivity contribution >= 4 is 5.91 Å². The van der Waals surface area contributed by atoms with Gasteiger partial charge in [-0.15, -0.1) is 0 Å². The van der Waals surface area contributed by atoms with E-state index < -0.39 is 5.41 Å². The summed E-state index contributed by atoms with van der Waals surface area (Å²) >= 11 is 0. The molecule has 1 saturated carbocycles. The van der Waals surface area contributed by atoms with E-state index in [1.807, 2.05) is 4.90 Å². The van der Waals surface area contributed by atoms with E-state index in [9.17, 15) is 10.1 Å². The van der Waals surface area contributed by atoms with Gasteiger partial charge in [0, 0.05) is 13.1 Å². The number of rotatable bonds is 1. The lowest BCUT2D eigenvalue weighted by molar-refractivity contribution is -0.145. The fraction of sp³-hybridized carbons (Fsp3) is 0.857. The third kappa shape index (κ3) is 2.31. The molecule has 1 aliphatic carbocycles. The zero-order valence-electron chi connectivity index (χ0n) is 10.9. The number of likely N-dealkylation sites (tertiary alicyclic amines) is 1. The summed E-state index contributed by atoms with van der Waals surface area (Å²) in [5.74, 6) is 1.35. The van der Waals surface area contributed by atoms with Crippen LogP contribution >= 0.6 is 0 Å². The quantitative estimate of drug-likeness (QED) is 0.700. The molecule has 3 heteroatoms. The van der Waals surface area contributed by atoms with Crippen molar-refractivity contribution < 1.29 is 4.79 Å². The van der Waals surface area contributed by atoms with Crippen molar-refractivity contribution in [3.63, 3.8) is 0 Å². The highest BCUT2D eigenvalue weighted by atomic mass is 16.2. The van der Waals surface area contributed by atoms with Crippen LogP contribution < -0.4 is 0 Å². The zero-order valence-corrected chi connectivity index (χ0v) is 10.9. The molecule has 2 rings (SSSR count). The Morgan fingerprint density at radius 3 is 2.53 bits per heavy atom. The molecule has 3 nitrogen and oxygen atoms in total. The Kier molecular flexibility index (Phi) is 3.42. The first-order valence-corrected chi connectivity index (χ1v) is 6.78. The van der Waals surface area contributed by atoms with Gasteiger partial charge in [0.05, 0.1) is 6.07 Å². The first-order chi connectivity index (χ1) is 8.07. The van der Waals surface area contributed by atoms with Crippen LogP contribution in [0.4, 0.5) is 0 Å². The van der Waals surface area contributed by atoms with E-state index in [-0.39, 0.29) is 5.91 Å². The Hall–Kier alpha value is -1.04. The van der Waals surface area contributed by atoms with Gasteiger partial charge in [0.1, 0.15) is 5.41 Å². The van der Waals surface area contributed by atoms with Crippen LogP contribution in [0.5, 0.6) is 0 Å². The molecule has 2 aliphatic rings. The van der Waals surface area contributed by atoms with Crippen molar-refractivity contribution in [2.75, 3.05) is 13.1 Å². The average Bonchev–Trinajstić information content (AvgIpc) is 2.48. The van der Waals surface area contributed by atoms with Gasteiger partial charge >= 0.3 is 0 Å². The third-order valence-electron chi connectivity index (χ3n) is 4.32. The second-order valence-corrected chi connectivity index (χ2v) is 6.04. The van der Waals surface area contributed by atoms with Crippen molar-refractivity contribution in [1.29, 1.82) is 5.26 Å². The van der Waals surface area contributed by atoms with Gasteiger partial charge in [-0.1, -0.05) is 13.8 Å². The Morgan fingerprint density at radius 1 is 1.24 bits per heavy atom. The summed E-state index contributed by atoms with van der Waals surface area (Å²) in [7, 11) is 0. The number of nitriles is 1. The second kappa shape index (κ2) is 4.68.